The van der Waals surface area contributed by atoms with Gasteiger partial charge in [0.2, 0.25) is 5.91 Å². The molecule has 1 saturated heterocycles. The zero-order valence-electron chi connectivity index (χ0n) is 9.68. The van der Waals surface area contributed by atoms with Gasteiger partial charge in [0.15, 0.2) is 0 Å². The summed E-state index contributed by atoms with van der Waals surface area (Å²) >= 11 is 0. The third-order valence-electron chi connectivity index (χ3n) is 3.46. The SMILES string of the molecule is CN1CC[C@@H]([C@](C)(O)c2ccccc2)C1=O. The minimum atomic E-state index is -1.07. The summed E-state index contributed by atoms with van der Waals surface area (Å²) in [6.07, 6.45) is 0.719. The monoisotopic (exact) mass is 219 g/mol. The second-order valence-corrected chi connectivity index (χ2v) is 4.61. The van der Waals surface area contributed by atoms with Crippen molar-refractivity contribution in [2.75, 3.05) is 13.6 Å². The number of rotatable bonds is 2. The van der Waals surface area contributed by atoms with E-state index in [9.17, 15) is 9.90 Å². The fourth-order valence-electron chi connectivity index (χ4n) is 2.32. The van der Waals surface area contributed by atoms with Gasteiger partial charge in [-0.2, -0.15) is 0 Å². The lowest BCUT2D eigenvalue weighted by Gasteiger charge is -2.29. The van der Waals surface area contributed by atoms with Crippen molar-refractivity contribution in [3.63, 3.8) is 0 Å². The summed E-state index contributed by atoms with van der Waals surface area (Å²) in [5.74, 6) is -0.284. The quantitative estimate of drug-likeness (QED) is 0.816. The van der Waals surface area contributed by atoms with Crippen molar-refractivity contribution in [2.24, 2.45) is 5.92 Å². The minimum Gasteiger partial charge on any atom is -0.385 e. The van der Waals surface area contributed by atoms with Crippen molar-refractivity contribution < 1.29 is 9.90 Å². The van der Waals surface area contributed by atoms with Gasteiger partial charge in [-0.3, -0.25) is 4.79 Å². The maximum absolute atomic E-state index is 11.9. The molecular weight excluding hydrogens is 202 g/mol. The maximum Gasteiger partial charge on any atom is 0.228 e. The number of nitrogens with zero attached hydrogens (tertiary/aromatic N) is 1. The van der Waals surface area contributed by atoms with Crippen molar-refractivity contribution >= 4 is 5.91 Å². The van der Waals surface area contributed by atoms with Crippen LogP contribution in [0.25, 0.3) is 0 Å². The Morgan fingerprint density at radius 2 is 2.00 bits per heavy atom. The van der Waals surface area contributed by atoms with Crippen LogP contribution >= 0.6 is 0 Å². The molecular formula is C13H17NO2. The Bertz CT molecular complexity index is 386. The molecule has 0 aromatic heterocycles. The van der Waals surface area contributed by atoms with Gasteiger partial charge >= 0.3 is 0 Å². The highest BCUT2D eigenvalue weighted by molar-refractivity contribution is 5.82. The van der Waals surface area contributed by atoms with Crippen molar-refractivity contribution in [3.05, 3.63) is 35.9 Å². The summed E-state index contributed by atoms with van der Waals surface area (Å²) in [7, 11) is 1.78. The van der Waals surface area contributed by atoms with Crippen LogP contribution in [0.4, 0.5) is 0 Å². The number of aliphatic hydroxyl groups is 1. The predicted molar refractivity (Wildman–Crippen MR) is 61.8 cm³/mol. The molecule has 1 aromatic carbocycles. The fraction of sp³-hybridized carbons (Fsp3) is 0.462. The van der Waals surface area contributed by atoms with E-state index in [4.69, 9.17) is 0 Å². The van der Waals surface area contributed by atoms with Crippen LogP contribution < -0.4 is 0 Å². The summed E-state index contributed by atoms with van der Waals surface area (Å²) < 4.78 is 0. The van der Waals surface area contributed by atoms with Gasteiger partial charge in [0, 0.05) is 13.6 Å². The number of likely N-dealkylation sites (tertiary alicyclic amines) is 1. The Hall–Kier alpha value is -1.35. The molecule has 1 aliphatic heterocycles. The van der Waals surface area contributed by atoms with Crippen molar-refractivity contribution in [3.8, 4) is 0 Å². The predicted octanol–water partition coefficient (Wildman–Crippen LogP) is 1.37. The van der Waals surface area contributed by atoms with Crippen LogP contribution in [-0.2, 0) is 10.4 Å². The van der Waals surface area contributed by atoms with Gasteiger partial charge in [-0.1, -0.05) is 30.3 Å². The topological polar surface area (TPSA) is 40.5 Å². The van der Waals surface area contributed by atoms with Gasteiger partial charge in [0.1, 0.15) is 0 Å². The number of hydrogen-bond acceptors (Lipinski definition) is 2. The standard InChI is InChI=1S/C13H17NO2/c1-13(16,10-6-4-3-5-7-10)11-8-9-14(2)12(11)15/h3-7,11,16H,8-9H2,1-2H3/t11-,13-/m1/s1. The van der Waals surface area contributed by atoms with Crippen LogP contribution in [0.2, 0.25) is 0 Å². The van der Waals surface area contributed by atoms with Gasteiger partial charge in [-0.25, -0.2) is 0 Å². The normalized spacial score (nSPS) is 24.6. The molecule has 86 valence electrons. The third kappa shape index (κ3) is 1.71. The van der Waals surface area contributed by atoms with Crippen molar-refractivity contribution in [1.82, 2.24) is 4.90 Å². The van der Waals surface area contributed by atoms with E-state index in [1.54, 1.807) is 18.9 Å². The van der Waals surface area contributed by atoms with Gasteiger partial charge in [0.05, 0.1) is 11.5 Å². The molecule has 1 aromatic rings. The minimum absolute atomic E-state index is 0.0360. The first kappa shape index (κ1) is 11.1. The third-order valence-corrected chi connectivity index (χ3v) is 3.46. The average molecular weight is 219 g/mol. The molecule has 0 unspecified atom stereocenters. The molecule has 1 amide bonds. The molecule has 1 N–H and O–H groups in total. The molecule has 0 bridgehead atoms. The molecule has 3 nitrogen and oxygen atoms in total. The summed E-state index contributed by atoms with van der Waals surface area (Å²) in [5.41, 5.74) is -0.257. The first-order valence-electron chi connectivity index (χ1n) is 5.56. The zero-order valence-corrected chi connectivity index (χ0v) is 9.68. The highest BCUT2D eigenvalue weighted by atomic mass is 16.3. The van der Waals surface area contributed by atoms with Gasteiger partial charge in [-0.05, 0) is 18.9 Å². The second kappa shape index (κ2) is 3.91. The lowest BCUT2D eigenvalue weighted by molar-refractivity contribution is -0.137. The lowest BCUT2D eigenvalue weighted by Crippen LogP contribution is -2.37. The Morgan fingerprint density at radius 1 is 1.38 bits per heavy atom. The molecule has 0 aliphatic carbocycles. The molecule has 2 atom stereocenters. The second-order valence-electron chi connectivity index (χ2n) is 4.61. The molecule has 1 heterocycles. The number of amides is 1. The Kier molecular flexibility index (Phi) is 2.72. The lowest BCUT2D eigenvalue weighted by atomic mass is 9.82. The first-order chi connectivity index (χ1) is 7.53. The Morgan fingerprint density at radius 3 is 2.50 bits per heavy atom. The first-order valence-corrected chi connectivity index (χ1v) is 5.56. The zero-order chi connectivity index (χ0) is 11.8. The van der Waals surface area contributed by atoms with E-state index in [0.717, 1.165) is 18.5 Å². The van der Waals surface area contributed by atoms with E-state index < -0.39 is 5.60 Å². The smallest absolute Gasteiger partial charge is 0.228 e. The molecule has 16 heavy (non-hydrogen) atoms. The molecule has 1 fully saturated rings. The Labute approximate surface area is 95.7 Å². The molecule has 0 saturated carbocycles. The van der Waals surface area contributed by atoms with E-state index >= 15 is 0 Å². The van der Waals surface area contributed by atoms with Crippen LogP contribution in [0.15, 0.2) is 30.3 Å². The van der Waals surface area contributed by atoms with Crippen molar-refractivity contribution in [1.29, 1.82) is 0 Å². The highest BCUT2D eigenvalue weighted by Gasteiger charge is 2.43. The van der Waals surface area contributed by atoms with Gasteiger partial charge in [-0.15, -0.1) is 0 Å². The maximum atomic E-state index is 11.9. The molecule has 0 spiro atoms. The van der Waals surface area contributed by atoms with Crippen LogP contribution in [0.3, 0.4) is 0 Å². The number of carbonyl (C=O) groups is 1. The van der Waals surface area contributed by atoms with E-state index in [1.807, 2.05) is 30.3 Å². The number of hydrogen-bond donors (Lipinski definition) is 1. The number of carbonyl (C=O) groups excluding carboxylic acids is 1. The van der Waals surface area contributed by atoms with E-state index in [1.165, 1.54) is 0 Å². The number of benzene rings is 1. The van der Waals surface area contributed by atoms with Crippen molar-refractivity contribution in [2.45, 2.75) is 18.9 Å². The van der Waals surface area contributed by atoms with E-state index in [2.05, 4.69) is 0 Å². The summed E-state index contributed by atoms with van der Waals surface area (Å²) in [6, 6.07) is 9.40. The van der Waals surface area contributed by atoms with E-state index in [-0.39, 0.29) is 11.8 Å². The highest BCUT2D eigenvalue weighted by Crippen LogP contribution is 2.35. The molecule has 3 heteroatoms. The largest absolute Gasteiger partial charge is 0.385 e. The van der Waals surface area contributed by atoms with Crippen LogP contribution in [0.5, 0.6) is 0 Å². The molecule has 2 rings (SSSR count). The van der Waals surface area contributed by atoms with Gasteiger partial charge < -0.3 is 10.0 Å². The fourth-order valence-corrected chi connectivity index (χ4v) is 2.32. The molecule has 1 aliphatic rings. The van der Waals surface area contributed by atoms with Gasteiger partial charge in [0.25, 0.3) is 0 Å². The molecule has 0 radical (unpaired) electrons. The summed E-state index contributed by atoms with van der Waals surface area (Å²) in [4.78, 5) is 13.6. The van der Waals surface area contributed by atoms with Crippen LogP contribution in [0, 0.1) is 5.92 Å². The average Bonchev–Trinajstić information content (AvgIpc) is 2.61. The van der Waals surface area contributed by atoms with Crippen LogP contribution in [0.1, 0.15) is 18.9 Å². The summed E-state index contributed by atoms with van der Waals surface area (Å²) in [6.45, 7) is 2.45. The van der Waals surface area contributed by atoms with E-state index in [0.29, 0.717) is 0 Å². The Balaban J connectivity index is 2.29. The summed E-state index contributed by atoms with van der Waals surface area (Å²) in [5, 5.41) is 10.5. The van der Waals surface area contributed by atoms with Crippen LogP contribution in [-0.4, -0.2) is 29.5 Å².